The molecule has 0 fully saturated rings. The van der Waals surface area contributed by atoms with Crippen LogP contribution in [0, 0.1) is 0 Å². The van der Waals surface area contributed by atoms with E-state index in [4.69, 9.17) is 9.15 Å². The van der Waals surface area contributed by atoms with Crippen LogP contribution in [0.15, 0.2) is 39.7 Å². The molecule has 0 saturated carbocycles. The highest BCUT2D eigenvalue weighted by Gasteiger charge is 2.24. The molecule has 1 aromatic heterocycles. The molecule has 0 amide bonds. The summed E-state index contributed by atoms with van der Waals surface area (Å²) in [4.78, 5) is 12.6. The van der Waals surface area contributed by atoms with Crippen molar-refractivity contribution in [2.45, 2.75) is 0 Å². The van der Waals surface area contributed by atoms with Gasteiger partial charge in [0.2, 0.25) is 22.7 Å². The molecule has 0 atom stereocenters. The fraction of sp³-hybridized carbons (Fsp3) is 0.0625. The Morgan fingerprint density at radius 1 is 0.957 bits per heavy atom. The Balaban J connectivity index is 2.40. The van der Waals surface area contributed by atoms with Crippen LogP contribution in [0.1, 0.15) is 0 Å². The first kappa shape index (κ1) is 14.6. The van der Waals surface area contributed by atoms with Crippen molar-refractivity contribution < 1.29 is 29.6 Å². The van der Waals surface area contributed by atoms with Gasteiger partial charge < -0.3 is 29.6 Å². The predicted molar refractivity (Wildman–Crippen MR) is 81.1 cm³/mol. The molecule has 0 aliphatic heterocycles. The second-order valence-electron chi connectivity index (χ2n) is 4.81. The molecule has 1 heterocycles. The molecular formula is C16H12O7. The first-order valence-electron chi connectivity index (χ1n) is 6.51. The molecule has 0 unspecified atom stereocenters. The summed E-state index contributed by atoms with van der Waals surface area (Å²) < 4.78 is 10.0. The van der Waals surface area contributed by atoms with Crippen molar-refractivity contribution >= 4 is 11.0 Å². The summed E-state index contributed by atoms with van der Waals surface area (Å²) in [5.74, 6) is -2.45. The van der Waals surface area contributed by atoms with Crippen LogP contribution in [-0.2, 0) is 0 Å². The summed E-state index contributed by atoms with van der Waals surface area (Å²) >= 11 is 0. The number of methoxy groups -OCH3 is 1. The van der Waals surface area contributed by atoms with Crippen LogP contribution in [0.3, 0.4) is 0 Å². The monoisotopic (exact) mass is 316 g/mol. The maximum Gasteiger partial charge on any atom is 0.208 e. The largest absolute Gasteiger partial charge is 0.508 e. The van der Waals surface area contributed by atoms with Crippen molar-refractivity contribution in [3.05, 3.63) is 40.8 Å². The van der Waals surface area contributed by atoms with Gasteiger partial charge in [-0.05, 0) is 17.7 Å². The Labute approximate surface area is 129 Å². The summed E-state index contributed by atoms with van der Waals surface area (Å²) in [6.45, 7) is 0. The zero-order valence-electron chi connectivity index (χ0n) is 11.9. The minimum atomic E-state index is -0.724. The van der Waals surface area contributed by atoms with E-state index < -0.39 is 28.4 Å². The number of phenols is 4. The third kappa shape index (κ3) is 2.10. The average molecular weight is 316 g/mol. The molecule has 0 radical (unpaired) electrons. The third-order valence-electron chi connectivity index (χ3n) is 3.48. The number of fused-ring (bicyclic) bond motifs is 1. The van der Waals surface area contributed by atoms with Gasteiger partial charge in [-0.1, -0.05) is 12.1 Å². The lowest BCUT2D eigenvalue weighted by Crippen LogP contribution is -2.06. The molecule has 2 aromatic carbocycles. The maximum atomic E-state index is 12.6. The summed E-state index contributed by atoms with van der Waals surface area (Å²) in [6, 6.07) is 5.80. The highest BCUT2D eigenvalue weighted by atomic mass is 16.5. The number of benzene rings is 2. The molecule has 7 nitrogen and oxygen atoms in total. The Kier molecular flexibility index (Phi) is 3.25. The second-order valence-corrected chi connectivity index (χ2v) is 4.81. The van der Waals surface area contributed by atoms with Crippen molar-refractivity contribution in [3.8, 4) is 39.9 Å². The lowest BCUT2D eigenvalue weighted by molar-refractivity contribution is 0.330. The Morgan fingerprint density at radius 3 is 2.22 bits per heavy atom. The van der Waals surface area contributed by atoms with Gasteiger partial charge in [0, 0.05) is 0 Å². The van der Waals surface area contributed by atoms with Gasteiger partial charge in [-0.25, -0.2) is 0 Å². The number of hydrogen-bond donors (Lipinski definition) is 4. The Morgan fingerprint density at radius 2 is 1.61 bits per heavy atom. The lowest BCUT2D eigenvalue weighted by atomic mass is 10.0. The van der Waals surface area contributed by atoms with Gasteiger partial charge in [0.15, 0.2) is 11.3 Å². The van der Waals surface area contributed by atoms with Gasteiger partial charge in [0.25, 0.3) is 0 Å². The van der Waals surface area contributed by atoms with Crippen LogP contribution in [0.4, 0.5) is 0 Å². The Hall–Kier alpha value is -3.35. The van der Waals surface area contributed by atoms with E-state index in [0.29, 0.717) is 5.56 Å². The molecule has 0 bridgehead atoms. The lowest BCUT2D eigenvalue weighted by Gasteiger charge is -2.11. The number of aromatic hydroxyl groups is 4. The molecule has 0 aliphatic rings. The highest BCUT2D eigenvalue weighted by Crippen LogP contribution is 2.48. The molecule has 23 heavy (non-hydrogen) atoms. The van der Waals surface area contributed by atoms with Crippen molar-refractivity contribution in [1.29, 1.82) is 0 Å². The van der Waals surface area contributed by atoms with Crippen LogP contribution in [0.2, 0.25) is 0 Å². The van der Waals surface area contributed by atoms with Gasteiger partial charge >= 0.3 is 0 Å². The molecule has 0 aliphatic carbocycles. The summed E-state index contributed by atoms with van der Waals surface area (Å²) in [5, 5.41) is 38.8. The highest BCUT2D eigenvalue weighted by molar-refractivity contribution is 5.95. The molecule has 3 aromatic rings. The molecular weight excluding hydrogens is 304 g/mol. The summed E-state index contributed by atoms with van der Waals surface area (Å²) in [6.07, 6.45) is 1.10. The second kappa shape index (κ2) is 5.13. The number of rotatable bonds is 2. The number of ether oxygens (including phenoxy) is 1. The number of hydrogen-bond acceptors (Lipinski definition) is 7. The van der Waals surface area contributed by atoms with Crippen LogP contribution >= 0.6 is 0 Å². The van der Waals surface area contributed by atoms with Crippen molar-refractivity contribution in [2.75, 3.05) is 7.11 Å². The van der Waals surface area contributed by atoms with Gasteiger partial charge in [-0.3, -0.25) is 4.79 Å². The predicted octanol–water partition coefficient (Wildman–Crippen LogP) is 2.29. The summed E-state index contributed by atoms with van der Waals surface area (Å²) in [7, 11) is 1.17. The molecule has 7 heteroatoms. The van der Waals surface area contributed by atoms with E-state index in [0.717, 1.165) is 6.26 Å². The minimum absolute atomic E-state index is 0.0333. The molecule has 3 rings (SSSR count). The standard InChI is InChI=1S/C16H12O7/c1-22-16-12(19)10-11(18)9(7-2-4-8(17)5-3-7)6-23-15(10)13(20)14(16)21/h2-6,17,19-21H,1H3. The summed E-state index contributed by atoms with van der Waals surface area (Å²) in [5.41, 5.74) is -0.416. The van der Waals surface area contributed by atoms with E-state index in [1.165, 1.54) is 31.4 Å². The normalized spacial score (nSPS) is 10.8. The van der Waals surface area contributed by atoms with Gasteiger partial charge in [0.05, 0.1) is 12.7 Å². The smallest absolute Gasteiger partial charge is 0.208 e. The van der Waals surface area contributed by atoms with Crippen molar-refractivity contribution in [1.82, 2.24) is 0 Å². The maximum absolute atomic E-state index is 12.6. The Bertz CT molecular complexity index is 955. The van der Waals surface area contributed by atoms with Gasteiger partial charge in [-0.2, -0.15) is 0 Å². The average Bonchev–Trinajstić information content (AvgIpc) is 2.54. The van der Waals surface area contributed by atoms with Crippen LogP contribution < -0.4 is 10.2 Å². The van der Waals surface area contributed by atoms with Gasteiger partial charge in [0.1, 0.15) is 17.4 Å². The van der Waals surface area contributed by atoms with E-state index in [1.807, 2.05) is 0 Å². The zero-order valence-corrected chi connectivity index (χ0v) is 11.9. The first-order valence-corrected chi connectivity index (χ1v) is 6.51. The third-order valence-corrected chi connectivity index (χ3v) is 3.48. The topological polar surface area (TPSA) is 120 Å². The number of phenolic OH excluding ortho intramolecular Hbond substituents is 4. The molecule has 0 spiro atoms. The minimum Gasteiger partial charge on any atom is -0.508 e. The molecule has 4 N–H and O–H groups in total. The van der Waals surface area contributed by atoms with E-state index in [9.17, 15) is 25.2 Å². The van der Waals surface area contributed by atoms with E-state index in [1.54, 1.807) is 0 Å². The van der Waals surface area contributed by atoms with Crippen LogP contribution in [0.5, 0.6) is 28.7 Å². The van der Waals surface area contributed by atoms with E-state index in [2.05, 4.69) is 0 Å². The fourth-order valence-corrected chi connectivity index (χ4v) is 2.33. The fourth-order valence-electron chi connectivity index (χ4n) is 2.33. The van der Waals surface area contributed by atoms with E-state index >= 15 is 0 Å². The van der Waals surface area contributed by atoms with Crippen LogP contribution in [-0.4, -0.2) is 27.5 Å². The SMILES string of the molecule is COc1c(O)c(O)c2occ(-c3ccc(O)cc3)c(=O)c2c1O. The molecule has 0 saturated heterocycles. The van der Waals surface area contributed by atoms with Crippen LogP contribution in [0.25, 0.3) is 22.1 Å². The first-order chi connectivity index (χ1) is 11.0. The quantitative estimate of drug-likeness (QED) is 0.423. The van der Waals surface area contributed by atoms with Crippen molar-refractivity contribution in [2.24, 2.45) is 0 Å². The zero-order chi connectivity index (χ0) is 16.7. The van der Waals surface area contributed by atoms with Crippen molar-refractivity contribution in [3.63, 3.8) is 0 Å². The molecule has 118 valence electrons. The van der Waals surface area contributed by atoms with Gasteiger partial charge in [-0.15, -0.1) is 0 Å². The van der Waals surface area contributed by atoms with E-state index in [-0.39, 0.29) is 22.3 Å².